The maximum absolute atomic E-state index is 11.6. The number of methoxy groups -OCH3 is 1. The summed E-state index contributed by atoms with van der Waals surface area (Å²) in [7, 11) is 2.99. The molecule has 0 fully saturated rings. The Morgan fingerprint density at radius 3 is 2.53 bits per heavy atom. The molecule has 0 aliphatic carbocycles. The molecular formula is C12H17NO4. The number of rotatable bonds is 4. The summed E-state index contributed by atoms with van der Waals surface area (Å²) in [6, 6.07) is 4.46. The van der Waals surface area contributed by atoms with E-state index in [0.717, 1.165) is 5.56 Å². The van der Waals surface area contributed by atoms with Gasteiger partial charge in [0.25, 0.3) is 0 Å². The van der Waals surface area contributed by atoms with E-state index < -0.39 is 5.54 Å². The van der Waals surface area contributed by atoms with Crippen molar-refractivity contribution in [3.05, 3.63) is 23.8 Å². The summed E-state index contributed by atoms with van der Waals surface area (Å²) >= 11 is 0. The molecule has 1 rings (SSSR count). The Labute approximate surface area is 100 Å². The van der Waals surface area contributed by atoms with Crippen LogP contribution in [0.2, 0.25) is 0 Å². The molecule has 5 heteroatoms. The van der Waals surface area contributed by atoms with Crippen molar-refractivity contribution < 1.29 is 19.7 Å². The van der Waals surface area contributed by atoms with Crippen LogP contribution in [0.25, 0.3) is 0 Å². The fourth-order valence-corrected chi connectivity index (χ4v) is 1.58. The van der Waals surface area contributed by atoms with Crippen LogP contribution in [0.5, 0.6) is 11.5 Å². The first-order chi connectivity index (χ1) is 7.92. The molecule has 1 atom stereocenters. The SMILES string of the molecule is CN[C@@](C)(Cc1ccc(O)c(O)c1)C(=O)OC. The van der Waals surface area contributed by atoms with E-state index in [1.165, 1.54) is 19.2 Å². The number of carbonyl (C=O) groups is 1. The second kappa shape index (κ2) is 5.05. The molecule has 0 radical (unpaired) electrons. The van der Waals surface area contributed by atoms with Gasteiger partial charge in [-0.1, -0.05) is 6.07 Å². The van der Waals surface area contributed by atoms with Gasteiger partial charge in [0.2, 0.25) is 0 Å². The normalized spacial score (nSPS) is 14.1. The van der Waals surface area contributed by atoms with Crippen molar-refractivity contribution in [3.8, 4) is 11.5 Å². The van der Waals surface area contributed by atoms with E-state index in [1.807, 2.05) is 0 Å². The molecule has 0 bridgehead atoms. The summed E-state index contributed by atoms with van der Waals surface area (Å²) in [5, 5.41) is 21.5. The molecule has 1 aromatic carbocycles. The van der Waals surface area contributed by atoms with Crippen molar-refractivity contribution in [2.45, 2.75) is 18.9 Å². The van der Waals surface area contributed by atoms with E-state index in [0.29, 0.717) is 6.42 Å². The summed E-state index contributed by atoms with van der Waals surface area (Å²) < 4.78 is 4.72. The number of esters is 1. The van der Waals surface area contributed by atoms with Crippen LogP contribution in [-0.2, 0) is 16.0 Å². The van der Waals surface area contributed by atoms with Gasteiger partial charge in [-0.15, -0.1) is 0 Å². The number of carbonyl (C=O) groups excluding carboxylic acids is 1. The van der Waals surface area contributed by atoms with Crippen LogP contribution in [0.1, 0.15) is 12.5 Å². The Kier molecular flexibility index (Phi) is 3.96. The third-order valence-electron chi connectivity index (χ3n) is 2.79. The second-order valence-corrected chi connectivity index (χ2v) is 4.07. The number of phenols is 2. The summed E-state index contributed by atoms with van der Waals surface area (Å²) in [6.07, 6.45) is 0.351. The highest BCUT2D eigenvalue weighted by Gasteiger charge is 2.32. The van der Waals surface area contributed by atoms with Crippen LogP contribution >= 0.6 is 0 Å². The smallest absolute Gasteiger partial charge is 0.326 e. The summed E-state index contributed by atoms with van der Waals surface area (Å²) in [5.74, 6) is -0.767. The first kappa shape index (κ1) is 13.3. The van der Waals surface area contributed by atoms with Crippen LogP contribution in [-0.4, -0.2) is 35.9 Å². The quantitative estimate of drug-likeness (QED) is 0.535. The molecule has 0 unspecified atom stereocenters. The van der Waals surface area contributed by atoms with Gasteiger partial charge >= 0.3 is 5.97 Å². The number of hydrogen-bond acceptors (Lipinski definition) is 5. The molecule has 0 amide bonds. The standard InChI is InChI=1S/C12H17NO4/c1-12(13-2,11(16)17-3)7-8-4-5-9(14)10(15)6-8/h4-6,13-15H,7H2,1-3H3/t12-/m0/s1. The second-order valence-electron chi connectivity index (χ2n) is 4.07. The monoisotopic (exact) mass is 239 g/mol. The average molecular weight is 239 g/mol. The van der Waals surface area contributed by atoms with Gasteiger partial charge in [-0.2, -0.15) is 0 Å². The summed E-state index contributed by atoms with van der Waals surface area (Å²) in [4.78, 5) is 11.6. The van der Waals surface area contributed by atoms with Gasteiger partial charge in [0.15, 0.2) is 11.5 Å². The molecule has 0 saturated heterocycles. The lowest BCUT2D eigenvalue weighted by atomic mass is 9.93. The van der Waals surface area contributed by atoms with E-state index >= 15 is 0 Å². The molecule has 0 heterocycles. The summed E-state index contributed by atoms with van der Waals surface area (Å²) in [5.41, 5.74) is -0.138. The zero-order valence-corrected chi connectivity index (χ0v) is 10.2. The van der Waals surface area contributed by atoms with E-state index in [9.17, 15) is 15.0 Å². The molecule has 1 aromatic rings. The first-order valence-corrected chi connectivity index (χ1v) is 5.21. The van der Waals surface area contributed by atoms with Gasteiger partial charge in [0.1, 0.15) is 5.54 Å². The molecule has 94 valence electrons. The third-order valence-corrected chi connectivity index (χ3v) is 2.79. The zero-order chi connectivity index (χ0) is 13.1. The zero-order valence-electron chi connectivity index (χ0n) is 10.2. The largest absolute Gasteiger partial charge is 0.504 e. The number of likely N-dealkylation sites (N-methyl/N-ethyl adjacent to an activating group) is 1. The van der Waals surface area contributed by atoms with E-state index in [1.54, 1.807) is 20.0 Å². The highest BCUT2D eigenvalue weighted by molar-refractivity contribution is 5.80. The minimum atomic E-state index is -0.863. The number of benzene rings is 1. The van der Waals surface area contributed by atoms with Crippen LogP contribution in [0.4, 0.5) is 0 Å². The highest BCUT2D eigenvalue weighted by atomic mass is 16.5. The highest BCUT2D eigenvalue weighted by Crippen LogP contribution is 2.26. The molecule has 0 aliphatic rings. The number of phenolic OH excluding ortho intramolecular Hbond substituents is 2. The molecule has 17 heavy (non-hydrogen) atoms. The maximum atomic E-state index is 11.6. The molecular weight excluding hydrogens is 222 g/mol. The lowest BCUT2D eigenvalue weighted by molar-refractivity contribution is -0.147. The van der Waals surface area contributed by atoms with Crippen molar-refractivity contribution in [1.29, 1.82) is 0 Å². The molecule has 0 saturated carbocycles. The van der Waals surface area contributed by atoms with Gasteiger partial charge in [-0.05, 0) is 31.7 Å². The van der Waals surface area contributed by atoms with Crippen molar-refractivity contribution in [2.75, 3.05) is 14.2 Å². The van der Waals surface area contributed by atoms with Crippen molar-refractivity contribution >= 4 is 5.97 Å². The number of nitrogens with one attached hydrogen (secondary N) is 1. The molecule has 0 aromatic heterocycles. The lowest BCUT2D eigenvalue weighted by Gasteiger charge is -2.26. The van der Waals surface area contributed by atoms with Crippen molar-refractivity contribution in [1.82, 2.24) is 5.32 Å². The van der Waals surface area contributed by atoms with E-state index in [2.05, 4.69) is 5.32 Å². The fraction of sp³-hybridized carbons (Fsp3) is 0.417. The number of ether oxygens (including phenoxy) is 1. The average Bonchev–Trinajstić information content (AvgIpc) is 2.32. The van der Waals surface area contributed by atoms with E-state index in [-0.39, 0.29) is 17.5 Å². The first-order valence-electron chi connectivity index (χ1n) is 5.21. The van der Waals surface area contributed by atoms with Crippen LogP contribution < -0.4 is 5.32 Å². The van der Waals surface area contributed by atoms with Crippen LogP contribution in [0.3, 0.4) is 0 Å². The molecule has 0 aliphatic heterocycles. The Hall–Kier alpha value is -1.75. The minimum absolute atomic E-state index is 0.182. The lowest BCUT2D eigenvalue weighted by Crippen LogP contribution is -2.50. The molecule has 3 N–H and O–H groups in total. The van der Waals surface area contributed by atoms with Crippen molar-refractivity contribution in [3.63, 3.8) is 0 Å². The van der Waals surface area contributed by atoms with Crippen LogP contribution in [0.15, 0.2) is 18.2 Å². The minimum Gasteiger partial charge on any atom is -0.504 e. The molecule has 5 nitrogen and oxygen atoms in total. The Bertz CT molecular complexity index is 419. The Morgan fingerprint density at radius 2 is 2.06 bits per heavy atom. The Balaban J connectivity index is 2.95. The number of hydrogen-bond donors (Lipinski definition) is 3. The predicted molar refractivity (Wildman–Crippen MR) is 63.0 cm³/mol. The fourth-order valence-electron chi connectivity index (χ4n) is 1.58. The van der Waals surface area contributed by atoms with Gasteiger partial charge < -0.3 is 20.3 Å². The summed E-state index contributed by atoms with van der Waals surface area (Å²) in [6.45, 7) is 1.71. The van der Waals surface area contributed by atoms with Gasteiger partial charge in [0, 0.05) is 6.42 Å². The number of aromatic hydroxyl groups is 2. The van der Waals surface area contributed by atoms with E-state index in [4.69, 9.17) is 4.74 Å². The van der Waals surface area contributed by atoms with Gasteiger partial charge in [-0.25, -0.2) is 0 Å². The van der Waals surface area contributed by atoms with Crippen LogP contribution in [0, 0.1) is 0 Å². The topological polar surface area (TPSA) is 78.8 Å². The van der Waals surface area contributed by atoms with Crippen molar-refractivity contribution in [2.24, 2.45) is 0 Å². The third kappa shape index (κ3) is 2.88. The Morgan fingerprint density at radius 1 is 1.41 bits per heavy atom. The van der Waals surface area contributed by atoms with Gasteiger partial charge in [0.05, 0.1) is 7.11 Å². The molecule has 0 spiro atoms. The van der Waals surface area contributed by atoms with Gasteiger partial charge in [-0.3, -0.25) is 4.79 Å². The predicted octanol–water partition coefficient (Wildman–Crippen LogP) is 0.791. The maximum Gasteiger partial charge on any atom is 0.326 e.